The van der Waals surface area contributed by atoms with Crippen LogP contribution in [-0.2, 0) is 26.1 Å². The van der Waals surface area contributed by atoms with Crippen LogP contribution in [-0.4, -0.2) is 33.2 Å². The van der Waals surface area contributed by atoms with Crippen LogP contribution in [0.3, 0.4) is 0 Å². The van der Waals surface area contributed by atoms with Crippen LogP contribution in [0.15, 0.2) is 71.6 Å². The van der Waals surface area contributed by atoms with Gasteiger partial charge in [0.15, 0.2) is 5.75 Å². The van der Waals surface area contributed by atoms with Gasteiger partial charge in [-0.15, -0.1) is 0 Å². The van der Waals surface area contributed by atoms with Crippen molar-refractivity contribution < 1.29 is 31.7 Å². The minimum absolute atomic E-state index is 0.0361. The normalized spacial score (nSPS) is 11.2. The first-order valence-electron chi connectivity index (χ1n) is 9.97. The summed E-state index contributed by atoms with van der Waals surface area (Å²) in [4.78, 5) is 21.8. The number of para-hydroxylation sites is 1. The molecule has 0 bridgehead atoms. The fourth-order valence-electron chi connectivity index (χ4n) is 3.12. The standard InChI is InChI=1S/C23H21ClF2N2O5S/c1-16(29)28(32-2)33-23-6-4-3-5-17(23)13-14-27(22-15-19(25)9-12-21(22)26)34(30,31)20-10-7-18(24)8-11-20/h3-12,15H,13-14H2,1-2H3. The third kappa shape index (κ3) is 5.82. The minimum Gasteiger partial charge on any atom is -0.351 e. The Kier molecular flexibility index (Phi) is 8.08. The Morgan fingerprint density at radius 3 is 2.35 bits per heavy atom. The molecule has 0 unspecified atom stereocenters. The van der Waals surface area contributed by atoms with E-state index in [1.165, 1.54) is 38.3 Å². The monoisotopic (exact) mass is 510 g/mol. The van der Waals surface area contributed by atoms with E-state index < -0.39 is 33.3 Å². The van der Waals surface area contributed by atoms with Gasteiger partial charge in [-0.2, -0.15) is 0 Å². The molecule has 0 aliphatic carbocycles. The van der Waals surface area contributed by atoms with Crippen molar-refractivity contribution in [2.24, 2.45) is 0 Å². The zero-order chi connectivity index (χ0) is 24.9. The number of sulfonamides is 1. The van der Waals surface area contributed by atoms with Gasteiger partial charge in [-0.25, -0.2) is 22.0 Å². The molecule has 1 amide bonds. The number of hydroxylamine groups is 2. The second-order valence-corrected chi connectivity index (χ2v) is 9.33. The summed E-state index contributed by atoms with van der Waals surface area (Å²) in [6.07, 6.45) is 0.0361. The van der Waals surface area contributed by atoms with Crippen molar-refractivity contribution in [3.05, 3.63) is 89.0 Å². The van der Waals surface area contributed by atoms with Crippen LogP contribution in [0.1, 0.15) is 12.5 Å². The zero-order valence-electron chi connectivity index (χ0n) is 18.2. The molecule has 3 aromatic rings. The van der Waals surface area contributed by atoms with E-state index in [0.717, 1.165) is 22.5 Å². The van der Waals surface area contributed by atoms with Gasteiger partial charge in [0.05, 0.1) is 17.7 Å². The summed E-state index contributed by atoms with van der Waals surface area (Å²) in [5.74, 6) is -2.01. The molecule has 0 N–H and O–H groups in total. The number of rotatable bonds is 9. The van der Waals surface area contributed by atoms with E-state index in [0.29, 0.717) is 15.8 Å². The van der Waals surface area contributed by atoms with Crippen molar-refractivity contribution in [1.29, 1.82) is 0 Å². The topological polar surface area (TPSA) is 76.2 Å². The highest BCUT2D eigenvalue weighted by molar-refractivity contribution is 7.92. The number of carbonyl (C=O) groups excluding carboxylic acids is 1. The average molecular weight is 511 g/mol. The molecule has 7 nitrogen and oxygen atoms in total. The zero-order valence-corrected chi connectivity index (χ0v) is 19.8. The molecule has 3 rings (SSSR count). The molecular weight excluding hydrogens is 490 g/mol. The second-order valence-electron chi connectivity index (χ2n) is 7.03. The Balaban J connectivity index is 1.99. The van der Waals surface area contributed by atoms with Gasteiger partial charge < -0.3 is 4.84 Å². The number of nitrogens with zero attached hydrogens (tertiary/aromatic N) is 2. The van der Waals surface area contributed by atoms with Crippen LogP contribution in [0.2, 0.25) is 5.02 Å². The Bertz CT molecular complexity index is 1270. The largest absolute Gasteiger partial charge is 0.351 e. The van der Waals surface area contributed by atoms with E-state index in [1.54, 1.807) is 24.3 Å². The molecule has 11 heteroatoms. The molecule has 180 valence electrons. The number of hydrogen-bond acceptors (Lipinski definition) is 5. The Hall–Kier alpha value is -3.21. The summed E-state index contributed by atoms with van der Waals surface area (Å²) < 4.78 is 56.2. The molecular formula is C23H21ClF2N2O5S. The Morgan fingerprint density at radius 1 is 1.03 bits per heavy atom. The molecule has 0 saturated carbocycles. The SMILES string of the molecule is CON(Oc1ccccc1CCN(c1cc(F)ccc1F)S(=O)(=O)c1ccc(Cl)cc1)C(C)=O. The third-order valence-electron chi connectivity index (χ3n) is 4.74. The van der Waals surface area contributed by atoms with Crippen LogP contribution in [0, 0.1) is 11.6 Å². The molecule has 0 aliphatic rings. The van der Waals surface area contributed by atoms with Gasteiger partial charge >= 0.3 is 0 Å². The number of anilines is 1. The summed E-state index contributed by atoms with van der Waals surface area (Å²) in [5.41, 5.74) is 0.0505. The van der Waals surface area contributed by atoms with Crippen LogP contribution in [0.5, 0.6) is 5.75 Å². The van der Waals surface area contributed by atoms with Crippen molar-refractivity contribution >= 4 is 33.2 Å². The first-order chi connectivity index (χ1) is 16.1. The molecule has 0 atom stereocenters. The van der Waals surface area contributed by atoms with Gasteiger partial charge in [-0.05, 0) is 59.7 Å². The van der Waals surface area contributed by atoms with Crippen LogP contribution in [0.25, 0.3) is 0 Å². The van der Waals surface area contributed by atoms with E-state index >= 15 is 0 Å². The fraction of sp³-hybridized carbons (Fsp3) is 0.174. The maximum Gasteiger partial charge on any atom is 0.281 e. The lowest BCUT2D eigenvalue weighted by molar-refractivity contribution is -0.280. The molecule has 34 heavy (non-hydrogen) atoms. The third-order valence-corrected chi connectivity index (χ3v) is 6.82. The number of hydrogen-bond donors (Lipinski definition) is 0. The lowest BCUT2D eigenvalue weighted by Crippen LogP contribution is -2.34. The maximum absolute atomic E-state index is 14.7. The Labute approximate surface area is 201 Å². The number of amides is 1. The van der Waals surface area contributed by atoms with Gasteiger partial charge in [0, 0.05) is 24.6 Å². The quantitative estimate of drug-likeness (QED) is 0.388. The summed E-state index contributed by atoms with van der Waals surface area (Å²) in [5, 5.41) is 0.981. The predicted octanol–water partition coefficient (Wildman–Crippen LogP) is 4.76. The molecule has 3 aromatic carbocycles. The van der Waals surface area contributed by atoms with Crippen LogP contribution < -0.4 is 9.14 Å². The lowest BCUT2D eigenvalue weighted by Gasteiger charge is -2.26. The molecule has 0 heterocycles. The van der Waals surface area contributed by atoms with Crippen molar-refractivity contribution in [2.75, 3.05) is 18.0 Å². The van der Waals surface area contributed by atoms with Gasteiger partial charge in [-0.3, -0.25) is 9.10 Å². The lowest BCUT2D eigenvalue weighted by atomic mass is 10.1. The Morgan fingerprint density at radius 2 is 1.71 bits per heavy atom. The van der Waals surface area contributed by atoms with E-state index in [-0.39, 0.29) is 23.6 Å². The molecule has 0 aliphatic heterocycles. The van der Waals surface area contributed by atoms with E-state index in [9.17, 15) is 22.0 Å². The predicted molar refractivity (Wildman–Crippen MR) is 123 cm³/mol. The fourth-order valence-corrected chi connectivity index (χ4v) is 4.71. The first kappa shape index (κ1) is 25.4. The molecule has 0 saturated heterocycles. The van der Waals surface area contributed by atoms with Gasteiger partial charge in [0.1, 0.15) is 11.6 Å². The molecule has 0 aromatic heterocycles. The summed E-state index contributed by atoms with van der Waals surface area (Å²) in [6, 6.07) is 14.5. The van der Waals surface area contributed by atoms with Crippen LogP contribution >= 0.6 is 11.6 Å². The van der Waals surface area contributed by atoms with Gasteiger partial charge in [0.25, 0.3) is 15.9 Å². The second kappa shape index (κ2) is 10.8. The number of halogens is 3. The number of carbonyl (C=O) groups is 1. The highest BCUT2D eigenvalue weighted by Gasteiger charge is 2.28. The average Bonchev–Trinajstić information content (AvgIpc) is 2.80. The minimum atomic E-state index is -4.30. The smallest absolute Gasteiger partial charge is 0.281 e. The first-order valence-corrected chi connectivity index (χ1v) is 11.8. The van der Waals surface area contributed by atoms with Crippen molar-refractivity contribution in [3.63, 3.8) is 0 Å². The van der Waals surface area contributed by atoms with Gasteiger partial charge in [-0.1, -0.05) is 29.8 Å². The van der Waals surface area contributed by atoms with E-state index in [1.807, 2.05) is 0 Å². The highest BCUT2D eigenvalue weighted by Crippen LogP contribution is 2.29. The summed E-state index contributed by atoms with van der Waals surface area (Å²) in [6.45, 7) is 0.970. The summed E-state index contributed by atoms with van der Waals surface area (Å²) in [7, 11) is -3.05. The van der Waals surface area contributed by atoms with E-state index in [4.69, 9.17) is 21.3 Å². The van der Waals surface area contributed by atoms with Crippen molar-refractivity contribution in [2.45, 2.75) is 18.2 Å². The maximum atomic E-state index is 14.7. The molecule has 0 spiro atoms. The highest BCUT2D eigenvalue weighted by atomic mass is 35.5. The van der Waals surface area contributed by atoms with Crippen LogP contribution in [0.4, 0.5) is 14.5 Å². The summed E-state index contributed by atoms with van der Waals surface area (Å²) >= 11 is 5.87. The molecule has 0 fully saturated rings. The van der Waals surface area contributed by atoms with E-state index in [2.05, 4.69) is 0 Å². The van der Waals surface area contributed by atoms with Crippen molar-refractivity contribution in [3.8, 4) is 5.75 Å². The van der Waals surface area contributed by atoms with Crippen molar-refractivity contribution in [1.82, 2.24) is 5.23 Å². The number of benzene rings is 3. The van der Waals surface area contributed by atoms with Gasteiger partial charge in [0.2, 0.25) is 0 Å². The molecule has 0 radical (unpaired) electrons.